The van der Waals surface area contributed by atoms with Gasteiger partial charge in [-0.15, -0.1) is 0 Å². The van der Waals surface area contributed by atoms with Crippen LogP contribution in [0.25, 0.3) is 0 Å². The number of halogens is 1. The molecule has 0 radical (unpaired) electrons. The molecule has 1 atom stereocenters. The third-order valence-electron chi connectivity index (χ3n) is 4.06. The van der Waals surface area contributed by atoms with Crippen LogP contribution in [-0.4, -0.2) is 28.8 Å². The number of nitrogens with zero attached hydrogens (tertiary/aromatic N) is 3. The van der Waals surface area contributed by atoms with Crippen LogP contribution >= 0.6 is 0 Å². The van der Waals surface area contributed by atoms with Gasteiger partial charge in [0.05, 0.1) is 6.04 Å². The van der Waals surface area contributed by atoms with Gasteiger partial charge in [0.25, 0.3) is 0 Å². The van der Waals surface area contributed by atoms with E-state index < -0.39 is 0 Å². The van der Waals surface area contributed by atoms with Crippen LogP contribution in [-0.2, 0) is 6.54 Å². The maximum Gasteiger partial charge on any atom is 0.160 e. The molecular formula is C17H20FN5. The van der Waals surface area contributed by atoms with Crippen molar-refractivity contribution in [1.29, 1.82) is 0 Å². The Morgan fingerprint density at radius 1 is 1.09 bits per heavy atom. The molecule has 0 spiro atoms. The molecule has 0 saturated carbocycles. The molecule has 1 saturated heterocycles. The third kappa shape index (κ3) is 3.33. The van der Waals surface area contributed by atoms with Crippen LogP contribution in [0, 0.1) is 5.82 Å². The first-order valence-electron chi connectivity index (χ1n) is 7.52. The standard InChI is InChI=1S/C17H20FN5/c18-15-8-4-7-14(11-15)16-17(21-19)23(20)10-9-22(16)12-13-5-2-1-3-6-13/h1-8,11,16H,9-10,12,19-20H2/b21-17-. The summed E-state index contributed by atoms with van der Waals surface area (Å²) >= 11 is 0. The lowest BCUT2D eigenvalue weighted by Gasteiger charge is -2.41. The normalized spacial score (nSPS) is 20.9. The summed E-state index contributed by atoms with van der Waals surface area (Å²) in [6, 6.07) is 16.3. The Balaban J connectivity index is 1.96. The van der Waals surface area contributed by atoms with Crippen LogP contribution < -0.4 is 11.7 Å². The average molecular weight is 313 g/mol. The van der Waals surface area contributed by atoms with Gasteiger partial charge >= 0.3 is 0 Å². The van der Waals surface area contributed by atoms with Crippen molar-refractivity contribution >= 4 is 5.84 Å². The highest BCUT2D eigenvalue weighted by molar-refractivity contribution is 5.88. The van der Waals surface area contributed by atoms with Gasteiger partial charge in [-0.1, -0.05) is 42.5 Å². The number of benzene rings is 2. The number of hydrogen-bond donors (Lipinski definition) is 2. The number of hydrazone groups is 1. The van der Waals surface area contributed by atoms with E-state index in [1.165, 1.54) is 22.7 Å². The quantitative estimate of drug-likeness (QED) is 0.670. The molecule has 1 aliphatic heterocycles. The molecule has 23 heavy (non-hydrogen) atoms. The molecule has 0 bridgehead atoms. The number of rotatable bonds is 3. The highest BCUT2D eigenvalue weighted by atomic mass is 19.1. The zero-order chi connectivity index (χ0) is 16.2. The predicted octanol–water partition coefficient (Wildman–Crippen LogP) is 1.83. The number of hydrogen-bond acceptors (Lipinski definition) is 4. The van der Waals surface area contributed by atoms with Crippen molar-refractivity contribution in [2.75, 3.05) is 13.1 Å². The van der Waals surface area contributed by atoms with Gasteiger partial charge in [-0.05, 0) is 23.3 Å². The second kappa shape index (κ2) is 6.76. The molecule has 0 amide bonds. The molecule has 2 aromatic rings. The van der Waals surface area contributed by atoms with E-state index in [-0.39, 0.29) is 11.9 Å². The van der Waals surface area contributed by atoms with Gasteiger partial charge in [-0.3, -0.25) is 9.91 Å². The predicted molar refractivity (Wildman–Crippen MR) is 88.5 cm³/mol. The van der Waals surface area contributed by atoms with E-state index >= 15 is 0 Å². The number of nitrogens with two attached hydrogens (primary N) is 2. The van der Waals surface area contributed by atoms with Crippen LogP contribution in [0.2, 0.25) is 0 Å². The summed E-state index contributed by atoms with van der Waals surface area (Å²) in [7, 11) is 0. The summed E-state index contributed by atoms with van der Waals surface area (Å²) < 4.78 is 13.7. The van der Waals surface area contributed by atoms with Crippen LogP contribution in [0.3, 0.4) is 0 Å². The van der Waals surface area contributed by atoms with Crippen LogP contribution in [0.1, 0.15) is 17.2 Å². The molecule has 0 aliphatic carbocycles. The molecule has 1 unspecified atom stereocenters. The van der Waals surface area contributed by atoms with Crippen LogP contribution in [0.15, 0.2) is 59.7 Å². The summed E-state index contributed by atoms with van der Waals surface area (Å²) in [5.74, 6) is 11.8. The largest absolute Gasteiger partial charge is 0.321 e. The second-order valence-electron chi connectivity index (χ2n) is 5.59. The number of piperazine rings is 1. The zero-order valence-electron chi connectivity index (χ0n) is 12.8. The lowest BCUT2D eigenvalue weighted by atomic mass is 10.0. The maximum absolute atomic E-state index is 13.7. The zero-order valence-corrected chi connectivity index (χ0v) is 12.8. The Hall–Kier alpha value is -2.44. The fourth-order valence-electron chi connectivity index (χ4n) is 2.97. The smallest absolute Gasteiger partial charge is 0.160 e. The van der Waals surface area contributed by atoms with Crippen LogP contribution in [0.5, 0.6) is 0 Å². The van der Waals surface area contributed by atoms with Gasteiger partial charge in [0, 0.05) is 19.6 Å². The van der Waals surface area contributed by atoms with Gasteiger partial charge in [-0.2, -0.15) is 5.10 Å². The van der Waals surface area contributed by atoms with E-state index in [1.807, 2.05) is 24.3 Å². The summed E-state index contributed by atoms with van der Waals surface area (Å²) in [4.78, 5) is 2.21. The van der Waals surface area contributed by atoms with E-state index in [1.54, 1.807) is 6.07 Å². The Morgan fingerprint density at radius 3 is 2.57 bits per heavy atom. The summed E-state index contributed by atoms with van der Waals surface area (Å²) in [6.07, 6.45) is 0. The molecular weight excluding hydrogens is 293 g/mol. The first-order valence-corrected chi connectivity index (χ1v) is 7.52. The van der Waals surface area contributed by atoms with Crippen molar-refractivity contribution in [2.45, 2.75) is 12.6 Å². The number of hydrazine groups is 1. The highest BCUT2D eigenvalue weighted by Crippen LogP contribution is 2.28. The molecule has 5 nitrogen and oxygen atoms in total. The van der Waals surface area contributed by atoms with E-state index in [4.69, 9.17) is 11.7 Å². The summed E-state index contributed by atoms with van der Waals surface area (Å²) in [6.45, 7) is 2.08. The Morgan fingerprint density at radius 2 is 1.87 bits per heavy atom. The Kier molecular flexibility index (Phi) is 4.55. The first kappa shape index (κ1) is 15.5. The minimum Gasteiger partial charge on any atom is -0.321 e. The van der Waals surface area contributed by atoms with Gasteiger partial charge in [-0.25, -0.2) is 10.2 Å². The third-order valence-corrected chi connectivity index (χ3v) is 4.06. The van der Waals surface area contributed by atoms with E-state index in [0.717, 1.165) is 18.7 Å². The van der Waals surface area contributed by atoms with Gasteiger partial charge < -0.3 is 5.84 Å². The minimum atomic E-state index is -0.285. The SMILES string of the molecule is N/N=C1/C(c2cccc(F)c2)N(Cc2ccccc2)CCN1N. The van der Waals surface area contributed by atoms with E-state index in [0.29, 0.717) is 12.4 Å². The lowest BCUT2D eigenvalue weighted by Crippen LogP contribution is -2.55. The van der Waals surface area contributed by atoms with Crippen molar-refractivity contribution in [3.8, 4) is 0 Å². The molecule has 6 heteroatoms. The van der Waals surface area contributed by atoms with Crippen LogP contribution in [0.4, 0.5) is 4.39 Å². The van der Waals surface area contributed by atoms with Crippen molar-refractivity contribution in [3.63, 3.8) is 0 Å². The maximum atomic E-state index is 13.7. The molecule has 1 fully saturated rings. The monoisotopic (exact) mass is 313 g/mol. The second-order valence-corrected chi connectivity index (χ2v) is 5.59. The van der Waals surface area contributed by atoms with Crippen molar-refractivity contribution < 1.29 is 4.39 Å². The van der Waals surface area contributed by atoms with Crippen molar-refractivity contribution in [1.82, 2.24) is 9.91 Å². The molecule has 4 N–H and O–H groups in total. The van der Waals surface area contributed by atoms with Gasteiger partial charge in [0.2, 0.25) is 0 Å². The Labute approximate surface area is 135 Å². The van der Waals surface area contributed by atoms with Crippen molar-refractivity contribution in [2.24, 2.45) is 16.8 Å². The Bertz CT molecular complexity index is 688. The highest BCUT2D eigenvalue weighted by Gasteiger charge is 2.33. The topological polar surface area (TPSA) is 70.9 Å². The summed E-state index contributed by atoms with van der Waals surface area (Å²) in [5.41, 5.74) is 1.97. The fourth-order valence-corrected chi connectivity index (χ4v) is 2.97. The molecule has 0 aromatic heterocycles. The summed E-state index contributed by atoms with van der Waals surface area (Å²) in [5, 5.41) is 5.40. The molecule has 120 valence electrons. The first-order chi connectivity index (χ1) is 11.2. The lowest BCUT2D eigenvalue weighted by molar-refractivity contribution is 0.166. The minimum absolute atomic E-state index is 0.269. The van der Waals surface area contributed by atoms with Gasteiger partial charge in [0.15, 0.2) is 5.84 Å². The molecule has 3 rings (SSSR count). The number of amidine groups is 1. The molecule has 1 heterocycles. The molecule has 1 aliphatic rings. The van der Waals surface area contributed by atoms with Gasteiger partial charge in [0.1, 0.15) is 5.82 Å². The average Bonchev–Trinajstić information content (AvgIpc) is 2.57. The molecule has 2 aromatic carbocycles. The van der Waals surface area contributed by atoms with E-state index in [2.05, 4.69) is 22.1 Å². The van der Waals surface area contributed by atoms with Crippen molar-refractivity contribution in [3.05, 3.63) is 71.5 Å². The fraction of sp³-hybridized carbons (Fsp3) is 0.235. The van der Waals surface area contributed by atoms with E-state index in [9.17, 15) is 4.39 Å².